The molecule has 2 nitrogen and oxygen atoms in total. The lowest BCUT2D eigenvalue weighted by Crippen LogP contribution is -2.22. The molecule has 0 aliphatic heterocycles. The second-order valence-corrected chi connectivity index (χ2v) is 6.59. The summed E-state index contributed by atoms with van der Waals surface area (Å²) in [5, 5.41) is 4.81. The van der Waals surface area contributed by atoms with Crippen LogP contribution in [-0.4, -0.2) is 11.5 Å². The molecule has 0 aliphatic rings. The van der Waals surface area contributed by atoms with Crippen molar-refractivity contribution in [1.29, 1.82) is 0 Å². The minimum atomic E-state index is 0.354. The van der Waals surface area contributed by atoms with E-state index < -0.39 is 0 Å². The zero-order valence-corrected chi connectivity index (χ0v) is 13.6. The zero-order valence-electron chi connectivity index (χ0n) is 12.8. The van der Waals surface area contributed by atoms with Gasteiger partial charge in [0.05, 0.1) is 11.7 Å². The molecule has 1 N–H and O–H groups in total. The first kappa shape index (κ1) is 15.2. The highest BCUT2D eigenvalue weighted by Gasteiger charge is 2.19. The molecule has 0 fully saturated rings. The van der Waals surface area contributed by atoms with E-state index >= 15 is 0 Å². The number of hydrogen-bond donors (Lipinski definition) is 1. The summed E-state index contributed by atoms with van der Waals surface area (Å²) in [7, 11) is 0. The summed E-state index contributed by atoms with van der Waals surface area (Å²) in [6.45, 7) is 9.68. The first-order chi connectivity index (χ1) is 9.61. The fourth-order valence-electron chi connectivity index (χ4n) is 2.44. The van der Waals surface area contributed by atoms with E-state index in [4.69, 9.17) is 4.98 Å². The van der Waals surface area contributed by atoms with Crippen LogP contribution >= 0.6 is 11.3 Å². The van der Waals surface area contributed by atoms with Crippen LogP contribution in [0.15, 0.2) is 30.3 Å². The third kappa shape index (κ3) is 3.68. The van der Waals surface area contributed by atoms with E-state index in [-0.39, 0.29) is 0 Å². The molecule has 20 heavy (non-hydrogen) atoms. The Balaban J connectivity index is 2.13. The quantitative estimate of drug-likeness (QED) is 0.840. The van der Waals surface area contributed by atoms with E-state index in [0.29, 0.717) is 12.0 Å². The number of hydrogen-bond acceptors (Lipinski definition) is 3. The molecule has 0 saturated carbocycles. The Morgan fingerprint density at radius 2 is 1.90 bits per heavy atom. The highest BCUT2D eigenvalue weighted by atomic mass is 32.1. The topological polar surface area (TPSA) is 24.9 Å². The van der Waals surface area contributed by atoms with E-state index in [1.807, 2.05) is 11.3 Å². The smallest absolute Gasteiger partial charge is 0.110 e. The van der Waals surface area contributed by atoms with Crippen LogP contribution in [0, 0.1) is 13.8 Å². The summed E-state index contributed by atoms with van der Waals surface area (Å²) in [6.07, 6.45) is 1.09. The third-order valence-electron chi connectivity index (χ3n) is 3.75. The van der Waals surface area contributed by atoms with Crippen molar-refractivity contribution in [2.24, 2.45) is 0 Å². The Labute approximate surface area is 126 Å². The number of thiazole rings is 1. The Kier molecular flexibility index (Phi) is 5.32. The molecule has 0 saturated heterocycles. The number of aryl methyl sites for hydroxylation is 2. The number of aromatic nitrogens is 1. The predicted octanol–water partition coefficient (Wildman–Crippen LogP) is 4.60. The summed E-state index contributed by atoms with van der Waals surface area (Å²) in [4.78, 5) is 6.06. The first-order valence-corrected chi connectivity index (χ1v) is 8.15. The van der Waals surface area contributed by atoms with E-state index in [1.54, 1.807) is 0 Å². The zero-order chi connectivity index (χ0) is 14.5. The molecule has 1 aromatic heterocycles. The van der Waals surface area contributed by atoms with Crippen molar-refractivity contribution in [2.45, 2.75) is 46.1 Å². The number of nitrogens with one attached hydrogen (secondary N) is 1. The van der Waals surface area contributed by atoms with Gasteiger partial charge in [0.2, 0.25) is 0 Å². The van der Waals surface area contributed by atoms with Gasteiger partial charge in [0.15, 0.2) is 0 Å². The van der Waals surface area contributed by atoms with Gasteiger partial charge in [-0.3, -0.25) is 0 Å². The molecule has 1 heterocycles. The minimum absolute atomic E-state index is 0.354. The molecule has 108 valence electrons. The van der Waals surface area contributed by atoms with Crippen molar-refractivity contribution < 1.29 is 0 Å². The predicted molar refractivity (Wildman–Crippen MR) is 87.5 cm³/mol. The monoisotopic (exact) mass is 288 g/mol. The first-order valence-electron chi connectivity index (χ1n) is 7.34. The van der Waals surface area contributed by atoms with Crippen LogP contribution < -0.4 is 5.32 Å². The average Bonchev–Trinajstić information content (AvgIpc) is 2.79. The van der Waals surface area contributed by atoms with E-state index in [2.05, 4.69) is 63.3 Å². The van der Waals surface area contributed by atoms with Crippen molar-refractivity contribution in [3.8, 4) is 0 Å². The summed E-state index contributed by atoms with van der Waals surface area (Å²) >= 11 is 1.83. The van der Waals surface area contributed by atoms with Gasteiger partial charge < -0.3 is 5.32 Å². The van der Waals surface area contributed by atoms with Crippen molar-refractivity contribution in [3.63, 3.8) is 0 Å². The maximum atomic E-state index is 4.73. The fourth-order valence-corrected chi connectivity index (χ4v) is 3.45. The van der Waals surface area contributed by atoms with Gasteiger partial charge in [-0.25, -0.2) is 4.98 Å². The lowest BCUT2D eigenvalue weighted by Gasteiger charge is -2.20. The lowest BCUT2D eigenvalue weighted by molar-refractivity contribution is 0.475. The normalized spacial score (nSPS) is 14.2. The van der Waals surface area contributed by atoms with Crippen LogP contribution in [-0.2, 0) is 0 Å². The molecule has 1 aromatic carbocycles. The summed E-state index contributed by atoms with van der Waals surface area (Å²) in [5.74, 6) is 0.532. The molecule has 0 spiro atoms. The minimum Gasteiger partial charge on any atom is -0.308 e. The fraction of sp³-hybridized carbons (Fsp3) is 0.471. The van der Waals surface area contributed by atoms with Gasteiger partial charge in [-0.2, -0.15) is 0 Å². The van der Waals surface area contributed by atoms with Gasteiger partial charge in [-0.05, 0) is 38.3 Å². The highest BCUT2D eigenvalue weighted by molar-refractivity contribution is 7.11. The van der Waals surface area contributed by atoms with Gasteiger partial charge in [0, 0.05) is 4.88 Å². The van der Waals surface area contributed by atoms with Crippen molar-refractivity contribution in [3.05, 3.63) is 51.5 Å². The second-order valence-electron chi connectivity index (χ2n) is 5.35. The molecule has 0 bridgehead atoms. The van der Waals surface area contributed by atoms with Crippen LogP contribution in [0.2, 0.25) is 0 Å². The van der Waals surface area contributed by atoms with Gasteiger partial charge in [0.25, 0.3) is 0 Å². The molecule has 2 rings (SSSR count). The van der Waals surface area contributed by atoms with Gasteiger partial charge >= 0.3 is 0 Å². The average molecular weight is 288 g/mol. The largest absolute Gasteiger partial charge is 0.308 e. The molecule has 2 atom stereocenters. The molecule has 2 aromatic rings. The van der Waals surface area contributed by atoms with Crippen LogP contribution in [0.5, 0.6) is 0 Å². The standard InChI is InChI=1S/C17H24N2S/c1-5-18-16(17-19-13(3)14(4)20-17)11-12(2)15-9-7-6-8-10-15/h6-10,12,16,18H,5,11H2,1-4H3. The van der Waals surface area contributed by atoms with E-state index in [1.165, 1.54) is 21.1 Å². The Hall–Kier alpha value is -1.19. The van der Waals surface area contributed by atoms with Crippen LogP contribution in [0.25, 0.3) is 0 Å². The third-order valence-corrected chi connectivity index (χ3v) is 4.94. The summed E-state index contributed by atoms with van der Waals surface area (Å²) in [5.41, 5.74) is 2.57. The number of rotatable bonds is 6. The second kappa shape index (κ2) is 7.00. The number of benzene rings is 1. The van der Waals surface area contributed by atoms with Gasteiger partial charge in [-0.15, -0.1) is 11.3 Å². The van der Waals surface area contributed by atoms with Crippen LogP contribution in [0.1, 0.15) is 53.4 Å². The maximum absolute atomic E-state index is 4.73. The molecular formula is C17H24N2S. The van der Waals surface area contributed by atoms with E-state index in [9.17, 15) is 0 Å². The van der Waals surface area contributed by atoms with Crippen molar-refractivity contribution in [1.82, 2.24) is 10.3 Å². The summed E-state index contributed by atoms with van der Waals surface area (Å²) in [6, 6.07) is 11.1. The van der Waals surface area contributed by atoms with Gasteiger partial charge in [0.1, 0.15) is 5.01 Å². The Bertz CT molecular complexity index is 514. The molecular weight excluding hydrogens is 264 g/mol. The van der Waals surface area contributed by atoms with Crippen molar-refractivity contribution in [2.75, 3.05) is 6.54 Å². The SMILES string of the molecule is CCNC(CC(C)c1ccccc1)c1nc(C)c(C)s1. The van der Waals surface area contributed by atoms with Gasteiger partial charge in [-0.1, -0.05) is 44.2 Å². The molecule has 0 aliphatic carbocycles. The van der Waals surface area contributed by atoms with E-state index in [0.717, 1.165) is 13.0 Å². The Morgan fingerprint density at radius 1 is 1.20 bits per heavy atom. The maximum Gasteiger partial charge on any atom is 0.110 e. The Morgan fingerprint density at radius 3 is 2.45 bits per heavy atom. The van der Waals surface area contributed by atoms with Crippen molar-refractivity contribution >= 4 is 11.3 Å². The van der Waals surface area contributed by atoms with Crippen LogP contribution in [0.4, 0.5) is 0 Å². The molecule has 3 heteroatoms. The molecule has 0 radical (unpaired) electrons. The number of nitrogens with zero attached hydrogens (tertiary/aromatic N) is 1. The molecule has 2 unspecified atom stereocenters. The summed E-state index contributed by atoms with van der Waals surface area (Å²) < 4.78 is 0. The highest BCUT2D eigenvalue weighted by Crippen LogP contribution is 2.31. The lowest BCUT2D eigenvalue weighted by atomic mass is 9.94. The van der Waals surface area contributed by atoms with Crippen LogP contribution in [0.3, 0.4) is 0 Å². The molecule has 0 amide bonds.